The molecule has 1 aromatic carbocycles. The Morgan fingerprint density at radius 2 is 2.04 bits per heavy atom. The Labute approximate surface area is 159 Å². The minimum atomic E-state index is -0.403. The number of hydrogen-bond acceptors (Lipinski definition) is 7. The highest BCUT2D eigenvalue weighted by Gasteiger charge is 2.27. The molecule has 0 aliphatic carbocycles. The molecule has 0 bridgehead atoms. The van der Waals surface area contributed by atoms with E-state index in [1.807, 2.05) is 60.1 Å². The minimum Gasteiger partial charge on any atom is -0.485 e. The van der Waals surface area contributed by atoms with Crippen molar-refractivity contribution in [3.63, 3.8) is 0 Å². The van der Waals surface area contributed by atoms with Crippen LogP contribution in [0.2, 0.25) is 0 Å². The zero-order valence-electron chi connectivity index (χ0n) is 14.5. The summed E-state index contributed by atoms with van der Waals surface area (Å²) in [5.74, 6) is 2.47. The van der Waals surface area contributed by atoms with Crippen molar-refractivity contribution in [2.24, 2.45) is 0 Å². The van der Waals surface area contributed by atoms with Gasteiger partial charge in [-0.1, -0.05) is 30.0 Å². The van der Waals surface area contributed by atoms with Gasteiger partial charge >= 0.3 is 0 Å². The Morgan fingerprint density at radius 1 is 1.15 bits per heavy atom. The van der Waals surface area contributed by atoms with Crippen molar-refractivity contribution in [1.82, 2.24) is 19.6 Å². The van der Waals surface area contributed by atoms with Gasteiger partial charge in [-0.25, -0.2) is 4.98 Å². The Hall–Kier alpha value is -3.00. The van der Waals surface area contributed by atoms with E-state index in [4.69, 9.17) is 13.9 Å². The van der Waals surface area contributed by atoms with Gasteiger partial charge in [0.15, 0.2) is 11.5 Å². The topological polar surface area (TPSA) is 74.7 Å². The molecule has 0 spiro atoms. The van der Waals surface area contributed by atoms with Gasteiger partial charge in [0.2, 0.25) is 6.10 Å². The predicted octanol–water partition coefficient (Wildman–Crippen LogP) is 3.83. The molecule has 0 fully saturated rings. The van der Waals surface area contributed by atoms with Crippen LogP contribution in [0.3, 0.4) is 0 Å². The maximum atomic E-state index is 5.90. The lowest BCUT2D eigenvalue weighted by molar-refractivity contribution is 0.0686. The number of fused-ring (bicyclic) bond motifs is 2. The third-order valence-corrected chi connectivity index (χ3v) is 5.13. The van der Waals surface area contributed by atoms with Crippen LogP contribution in [0.25, 0.3) is 5.65 Å². The number of nitrogens with zero attached hydrogens (tertiary/aromatic N) is 4. The molecule has 1 aliphatic rings. The maximum absolute atomic E-state index is 5.90. The third-order valence-electron chi connectivity index (χ3n) is 4.28. The number of ether oxygens (including phenoxy) is 2. The van der Waals surface area contributed by atoms with Crippen molar-refractivity contribution in [2.45, 2.75) is 24.0 Å². The molecule has 0 saturated carbocycles. The van der Waals surface area contributed by atoms with Crippen LogP contribution in [0.4, 0.5) is 0 Å². The van der Waals surface area contributed by atoms with E-state index >= 15 is 0 Å². The third kappa shape index (κ3) is 3.12. The SMILES string of the molecule is Cc1cccn2cc(CSc3nnc(C4COc5ccccc5O4)o3)nc12. The number of aryl methyl sites for hydroxylation is 1. The fraction of sp³-hybridized carbons (Fsp3) is 0.211. The number of hydrogen-bond donors (Lipinski definition) is 0. The van der Waals surface area contributed by atoms with Crippen LogP contribution in [0, 0.1) is 6.92 Å². The highest BCUT2D eigenvalue weighted by Crippen LogP contribution is 2.36. The van der Waals surface area contributed by atoms with Gasteiger partial charge in [0, 0.05) is 18.1 Å². The van der Waals surface area contributed by atoms with Gasteiger partial charge in [0.05, 0.1) is 5.69 Å². The average Bonchev–Trinajstić information content (AvgIpc) is 3.33. The minimum absolute atomic E-state index is 0.342. The monoisotopic (exact) mass is 380 g/mol. The molecule has 27 heavy (non-hydrogen) atoms. The van der Waals surface area contributed by atoms with Gasteiger partial charge in [-0.2, -0.15) is 0 Å². The van der Waals surface area contributed by atoms with E-state index in [0.717, 1.165) is 22.7 Å². The number of imidazole rings is 1. The van der Waals surface area contributed by atoms with Crippen LogP contribution in [-0.4, -0.2) is 26.2 Å². The molecule has 0 N–H and O–H groups in total. The first-order valence-electron chi connectivity index (χ1n) is 8.54. The summed E-state index contributed by atoms with van der Waals surface area (Å²) in [4.78, 5) is 4.66. The van der Waals surface area contributed by atoms with Gasteiger partial charge in [0.25, 0.3) is 11.1 Å². The number of para-hydroxylation sites is 2. The first kappa shape index (κ1) is 16.2. The lowest BCUT2D eigenvalue weighted by Gasteiger charge is -2.23. The second-order valence-electron chi connectivity index (χ2n) is 6.21. The summed E-state index contributed by atoms with van der Waals surface area (Å²) in [5.41, 5.74) is 3.06. The number of thioether (sulfide) groups is 1. The van der Waals surface area contributed by atoms with Crippen LogP contribution in [0.5, 0.6) is 11.5 Å². The summed E-state index contributed by atoms with van der Waals surface area (Å²) in [6.07, 6.45) is 3.60. The fourth-order valence-corrected chi connectivity index (χ4v) is 3.61. The summed E-state index contributed by atoms with van der Waals surface area (Å²) in [7, 11) is 0. The van der Waals surface area contributed by atoms with Gasteiger partial charge in [-0.15, -0.1) is 10.2 Å². The molecule has 7 nitrogen and oxygen atoms in total. The number of pyridine rings is 1. The van der Waals surface area contributed by atoms with E-state index in [-0.39, 0.29) is 0 Å². The molecular weight excluding hydrogens is 364 g/mol. The van der Waals surface area contributed by atoms with Gasteiger partial charge < -0.3 is 18.3 Å². The quantitative estimate of drug-likeness (QED) is 0.498. The normalized spacial score (nSPS) is 16.0. The molecule has 1 unspecified atom stereocenters. The molecule has 4 aromatic rings. The second-order valence-corrected chi connectivity index (χ2v) is 7.14. The van der Waals surface area contributed by atoms with E-state index in [2.05, 4.69) is 15.2 Å². The lowest BCUT2D eigenvalue weighted by Crippen LogP contribution is -2.21. The van der Waals surface area contributed by atoms with E-state index < -0.39 is 6.10 Å². The summed E-state index contributed by atoms with van der Waals surface area (Å²) in [6.45, 7) is 2.39. The Kier molecular flexibility index (Phi) is 3.97. The molecular formula is C19H16N4O3S. The Balaban J connectivity index is 1.27. The fourth-order valence-electron chi connectivity index (χ4n) is 2.96. The average molecular weight is 380 g/mol. The Bertz CT molecular complexity index is 1110. The van der Waals surface area contributed by atoms with E-state index in [1.165, 1.54) is 11.8 Å². The maximum Gasteiger partial charge on any atom is 0.277 e. The van der Waals surface area contributed by atoms with Crippen molar-refractivity contribution < 1.29 is 13.9 Å². The lowest BCUT2D eigenvalue weighted by atomic mass is 10.2. The molecule has 5 rings (SSSR count). The standard InChI is InChI=1S/C19H16N4O3S/c1-12-5-4-8-23-9-13(20-17(12)23)11-27-19-22-21-18(26-19)16-10-24-14-6-2-3-7-15(14)25-16/h2-9,16H,10-11H2,1H3. The second kappa shape index (κ2) is 6.62. The zero-order valence-corrected chi connectivity index (χ0v) is 15.3. The van der Waals surface area contributed by atoms with Crippen LogP contribution in [0.1, 0.15) is 23.3 Å². The molecule has 8 heteroatoms. The Morgan fingerprint density at radius 3 is 2.93 bits per heavy atom. The smallest absolute Gasteiger partial charge is 0.277 e. The van der Waals surface area contributed by atoms with Crippen molar-refractivity contribution in [2.75, 3.05) is 6.61 Å². The van der Waals surface area contributed by atoms with Crippen LogP contribution in [-0.2, 0) is 5.75 Å². The highest BCUT2D eigenvalue weighted by atomic mass is 32.2. The van der Waals surface area contributed by atoms with Crippen LogP contribution >= 0.6 is 11.8 Å². The molecule has 0 radical (unpaired) electrons. The van der Waals surface area contributed by atoms with Crippen LogP contribution in [0.15, 0.2) is 58.4 Å². The highest BCUT2D eigenvalue weighted by molar-refractivity contribution is 7.98. The van der Waals surface area contributed by atoms with Gasteiger partial charge in [-0.3, -0.25) is 0 Å². The number of benzene rings is 1. The van der Waals surface area contributed by atoms with E-state index in [0.29, 0.717) is 29.2 Å². The summed E-state index contributed by atoms with van der Waals surface area (Å²) < 4.78 is 19.4. The summed E-state index contributed by atoms with van der Waals surface area (Å²) in [5, 5.41) is 8.71. The molecule has 4 heterocycles. The van der Waals surface area contributed by atoms with Crippen molar-refractivity contribution in [3.8, 4) is 11.5 Å². The largest absolute Gasteiger partial charge is 0.485 e. The van der Waals surface area contributed by atoms with Gasteiger partial charge in [0.1, 0.15) is 12.3 Å². The van der Waals surface area contributed by atoms with E-state index in [1.54, 1.807) is 0 Å². The van der Waals surface area contributed by atoms with E-state index in [9.17, 15) is 0 Å². The molecule has 1 aliphatic heterocycles. The zero-order chi connectivity index (χ0) is 18.2. The first-order chi connectivity index (χ1) is 13.3. The number of aromatic nitrogens is 4. The van der Waals surface area contributed by atoms with Crippen molar-refractivity contribution >= 4 is 17.4 Å². The van der Waals surface area contributed by atoms with Crippen molar-refractivity contribution in [1.29, 1.82) is 0 Å². The number of rotatable bonds is 4. The van der Waals surface area contributed by atoms with Crippen molar-refractivity contribution in [3.05, 3.63) is 65.9 Å². The molecule has 3 aromatic heterocycles. The van der Waals surface area contributed by atoms with Gasteiger partial charge in [-0.05, 0) is 30.7 Å². The summed E-state index contributed by atoms with van der Waals surface area (Å²) >= 11 is 1.45. The summed E-state index contributed by atoms with van der Waals surface area (Å²) in [6, 6.07) is 11.6. The van der Waals surface area contributed by atoms with Crippen LogP contribution < -0.4 is 9.47 Å². The molecule has 1 atom stereocenters. The molecule has 0 amide bonds. The molecule has 0 saturated heterocycles. The first-order valence-corrected chi connectivity index (χ1v) is 9.53. The predicted molar refractivity (Wildman–Crippen MR) is 99.1 cm³/mol. The molecule has 136 valence electrons.